The van der Waals surface area contributed by atoms with Gasteiger partial charge in [0.15, 0.2) is 11.4 Å². The molecule has 1 fully saturated rings. The number of aliphatic hydroxyl groups excluding tert-OH is 2. The molecule has 1 aromatic heterocycles. The number of hydrogen-bond donors (Lipinski definition) is 6. The quantitative estimate of drug-likeness (QED) is 0.338. The number of benzene rings is 1. The van der Waals surface area contributed by atoms with E-state index in [9.17, 15) is 34.8 Å². The zero-order valence-electron chi connectivity index (χ0n) is 17.6. The largest absolute Gasteiger partial charge is 0.508 e. The molecule has 1 aromatic carbocycles. The van der Waals surface area contributed by atoms with Crippen LogP contribution in [-0.4, -0.2) is 53.5 Å². The van der Waals surface area contributed by atoms with Gasteiger partial charge in [0.1, 0.15) is 22.8 Å². The minimum absolute atomic E-state index is 0.00135. The Kier molecular flexibility index (Phi) is 4.52. The van der Waals surface area contributed by atoms with Crippen LogP contribution in [0.25, 0.3) is 16.9 Å². The molecule has 1 amide bonds. The first-order chi connectivity index (χ1) is 16.1. The first-order valence-electron chi connectivity index (χ1n) is 10.5. The zero-order chi connectivity index (χ0) is 24.5. The van der Waals surface area contributed by atoms with Gasteiger partial charge in [-0.15, -0.1) is 0 Å². The summed E-state index contributed by atoms with van der Waals surface area (Å²) in [5.41, 5.74) is 8.84. The SMILES string of the molecule is NC(=O)C1=C(O)C2(O)C(=O)C3=C(O)c4c(O)ccc(-c5cnc(N)nc5)c4CC3CC2CC1=O. The summed E-state index contributed by atoms with van der Waals surface area (Å²) in [6.45, 7) is 0. The van der Waals surface area contributed by atoms with E-state index in [0.29, 0.717) is 16.7 Å². The van der Waals surface area contributed by atoms with Gasteiger partial charge < -0.3 is 31.9 Å². The molecule has 34 heavy (non-hydrogen) atoms. The predicted molar refractivity (Wildman–Crippen MR) is 117 cm³/mol. The number of anilines is 1. The summed E-state index contributed by atoms with van der Waals surface area (Å²) in [5, 5.41) is 43.5. The molecular formula is C23H20N4O7. The predicted octanol–water partition coefficient (Wildman–Crippen LogP) is 0.463. The Morgan fingerprint density at radius 2 is 1.76 bits per heavy atom. The average molecular weight is 464 g/mol. The molecule has 1 heterocycles. The molecule has 0 bridgehead atoms. The number of nitrogens with two attached hydrogens (primary N) is 2. The van der Waals surface area contributed by atoms with E-state index < -0.39 is 52.0 Å². The molecule has 1 saturated carbocycles. The van der Waals surface area contributed by atoms with E-state index in [1.165, 1.54) is 18.5 Å². The number of phenolic OH excluding ortho intramolecular Hbond substituents is 1. The first-order valence-corrected chi connectivity index (χ1v) is 10.5. The molecule has 0 saturated heterocycles. The van der Waals surface area contributed by atoms with Gasteiger partial charge in [-0.3, -0.25) is 14.4 Å². The molecule has 0 spiro atoms. The molecule has 11 heteroatoms. The second kappa shape index (κ2) is 7.12. The van der Waals surface area contributed by atoms with E-state index in [-0.39, 0.29) is 42.1 Å². The van der Waals surface area contributed by atoms with Crippen LogP contribution in [0.15, 0.2) is 41.4 Å². The van der Waals surface area contributed by atoms with Gasteiger partial charge in [-0.05, 0) is 36.0 Å². The highest BCUT2D eigenvalue weighted by Gasteiger charge is 2.60. The van der Waals surface area contributed by atoms with Crippen molar-refractivity contribution in [2.24, 2.45) is 17.6 Å². The maximum Gasteiger partial charge on any atom is 0.255 e. The summed E-state index contributed by atoms with van der Waals surface area (Å²) >= 11 is 0. The number of nitrogens with zero attached hydrogens (tertiary/aromatic N) is 2. The maximum absolute atomic E-state index is 13.5. The number of ketones is 2. The van der Waals surface area contributed by atoms with Gasteiger partial charge in [0.05, 0.1) is 5.56 Å². The van der Waals surface area contributed by atoms with E-state index in [1.807, 2.05) is 0 Å². The van der Waals surface area contributed by atoms with Crippen molar-refractivity contribution >= 4 is 29.2 Å². The lowest BCUT2D eigenvalue weighted by molar-refractivity contribution is -0.147. The van der Waals surface area contributed by atoms with Crippen LogP contribution in [0.5, 0.6) is 5.75 Å². The molecule has 3 aliphatic rings. The Labute approximate surface area is 192 Å². The minimum atomic E-state index is -2.59. The lowest BCUT2D eigenvalue weighted by atomic mass is 9.59. The van der Waals surface area contributed by atoms with Gasteiger partial charge in [-0.1, -0.05) is 6.07 Å². The summed E-state index contributed by atoms with van der Waals surface area (Å²) in [5.74, 6) is -6.60. The normalized spacial score (nSPS) is 26.1. The summed E-state index contributed by atoms with van der Waals surface area (Å²) in [6, 6.07) is 2.97. The molecule has 3 atom stereocenters. The Balaban J connectivity index is 1.70. The van der Waals surface area contributed by atoms with Gasteiger partial charge in [0.25, 0.3) is 5.91 Å². The number of carbonyl (C=O) groups is 3. The lowest BCUT2D eigenvalue weighted by Gasteiger charge is -2.46. The van der Waals surface area contributed by atoms with E-state index in [4.69, 9.17) is 11.5 Å². The van der Waals surface area contributed by atoms with Crippen molar-refractivity contribution < 1.29 is 34.8 Å². The van der Waals surface area contributed by atoms with Crippen LogP contribution in [0.1, 0.15) is 24.0 Å². The van der Waals surface area contributed by atoms with E-state index in [0.717, 1.165) is 0 Å². The summed E-state index contributed by atoms with van der Waals surface area (Å²) < 4.78 is 0. The third-order valence-electron chi connectivity index (χ3n) is 6.93. The van der Waals surface area contributed by atoms with Crippen molar-refractivity contribution in [1.29, 1.82) is 0 Å². The van der Waals surface area contributed by atoms with Crippen molar-refractivity contribution in [3.05, 3.63) is 52.6 Å². The van der Waals surface area contributed by atoms with Crippen LogP contribution >= 0.6 is 0 Å². The number of nitrogen functional groups attached to an aromatic ring is 1. The highest BCUT2D eigenvalue weighted by molar-refractivity contribution is 6.22. The first kappa shape index (κ1) is 21.6. The number of rotatable bonds is 2. The molecule has 3 aliphatic carbocycles. The van der Waals surface area contributed by atoms with E-state index in [2.05, 4.69) is 9.97 Å². The maximum atomic E-state index is 13.5. The zero-order valence-corrected chi connectivity index (χ0v) is 17.6. The fourth-order valence-electron chi connectivity index (χ4n) is 5.37. The number of aromatic nitrogens is 2. The van der Waals surface area contributed by atoms with Crippen LogP contribution in [0.3, 0.4) is 0 Å². The smallest absolute Gasteiger partial charge is 0.255 e. The number of primary amides is 1. The molecular weight excluding hydrogens is 444 g/mol. The minimum Gasteiger partial charge on any atom is -0.508 e. The average Bonchev–Trinajstić information content (AvgIpc) is 2.77. The van der Waals surface area contributed by atoms with Crippen molar-refractivity contribution in [2.45, 2.75) is 24.9 Å². The highest BCUT2D eigenvalue weighted by Crippen LogP contribution is 2.52. The van der Waals surface area contributed by atoms with E-state index in [1.54, 1.807) is 6.07 Å². The Morgan fingerprint density at radius 1 is 1.09 bits per heavy atom. The molecule has 3 unspecified atom stereocenters. The van der Waals surface area contributed by atoms with Gasteiger partial charge >= 0.3 is 0 Å². The lowest BCUT2D eigenvalue weighted by Crippen LogP contribution is -2.58. The fraction of sp³-hybridized carbons (Fsp3) is 0.261. The Hall–Kier alpha value is -4.25. The van der Waals surface area contributed by atoms with Gasteiger partial charge in [-0.25, -0.2) is 9.97 Å². The van der Waals surface area contributed by atoms with Gasteiger partial charge in [0.2, 0.25) is 11.7 Å². The number of Topliss-reactive ketones (excluding diaryl/α,β-unsaturated/α-hetero) is 2. The third-order valence-corrected chi connectivity index (χ3v) is 6.93. The molecule has 0 aliphatic heterocycles. The highest BCUT2D eigenvalue weighted by atomic mass is 16.3. The second-order valence-electron chi connectivity index (χ2n) is 8.72. The van der Waals surface area contributed by atoms with Gasteiger partial charge in [-0.2, -0.15) is 0 Å². The number of aliphatic hydroxyl groups is 3. The molecule has 0 radical (unpaired) electrons. The van der Waals surface area contributed by atoms with Crippen LogP contribution < -0.4 is 11.5 Å². The summed E-state index contributed by atoms with van der Waals surface area (Å²) in [6.07, 6.45) is 2.84. The van der Waals surface area contributed by atoms with Gasteiger partial charge in [0, 0.05) is 35.9 Å². The van der Waals surface area contributed by atoms with Crippen molar-refractivity contribution in [2.75, 3.05) is 5.73 Å². The van der Waals surface area contributed by atoms with Crippen molar-refractivity contribution in [3.8, 4) is 16.9 Å². The number of hydrogen-bond acceptors (Lipinski definition) is 10. The van der Waals surface area contributed by atoms with E-state index >= 15 is 0 Å². The topological polar surface area (TPSA) is 210 Å². The summed E-state index contributed by atoms with van der Waals surface area (Å²) in [7, 11) is 0. The molecule has 11 nitrogen and oxygen atoms in total. The fourth-order valence-corrected chi connectivity index (χ4v) is 5.37. The van der Waals surface area contributed by atoms with Crippen LogP contribution in [-0.2, 0) is 20.8 Å². The monoisotopic (exact) mass is 464 g/mol. The third kappa shape index (κ3) is 2.76. The molecule has 2 aromatic rings. The molecule has 8 N–H and O–H groups in total. The van der Waals surface area contributed by atoms with Crippen LogP contribution in [0, 0.1) is 11.8 Å². The Bertz CT molecular complexity index is 1360. The Morgan fingerprint density at radius 3 is 2.41 bits per heavy atom. The number of aromatic hydroxyl groups is 1. The van der Waals surface area contributed by atoms with Crippen molar-refractivity contribution in [1.82, 2.24) is 9.97 Å². The van der Waals surface area contributed by atoms with Crippen molar-refractivity contribution in [3.63, 3.8) is 0 Å². The molecule has 5 rings (SSSR count). The second-order valence-corrected chi connectivity index (χ2v) is 8.72. The summed E-state index contributed by atoms with van der Waals surface area (Å²) in [4.78, 5) is 45.6. The number of fused-ring (bicyclic) bond motifs is 3. The standard InChI is InChI=1S/C23H20N4O7/c24-21(33)17-14(29)5-10-3-8-4-12-11(9-6-26-22(25)27-7-9)1-2-13(28)16(12)18(30)15(8)19(31)23(10,34)20(17)32/h1-2,6-8,10,28,30,32,34H,3-5H2,(H2,24,33)(H2,25,26,27). The number of amides is 1. The van der Waals surface area contributed by atoms with Crippen LogP contribution in [0.4, 0.5) is 5.95 Å². The number of carbonyl (C=O) groups excluding carboxylic acids is 3. The molecule has 174 valence electrons. The number of phenols is 1. The van der Waals surface area contributed by atoms with Crippen LogP contribution in [0.2, 0.25) is 0 Å².